The highest BCUT2D eigenvalue weighted by molar-refractivity contribution is 9.10. The molecule has 5 nitrogen and oxygen atoms in total. The lowest BCUT2D eigenvalue weighted by atomic mass is 10.2. The Morgan fingerprint density at radius 2 is 1.96 bits per heavy atom. The minimum absolute atomic E-state index is 0.00806. The van der Waals surface area contributed by atoms with Gasteiger partial charge in [0.1, 0.15) is 6.61 Å². The topological polar surface area (TPSA) is 54.0 Å². The number of halogens is 2. The molecule has 23 heavy (non-hydrogen) atoms. The molecule has 0 fully saturated rings. The van der Waals surface area contributed by atoms with Crippen molar-refractivity contribution in [3.05, 3.63) is 52.3 Å². The van der Waals surface area contributed by atoms with Gasteiger partial charge in [0.2, 0.25) is 6.79 Å². The van der Waals surface area contributed by atoms with E-state index in [1.54, 1.807) is 18.2 Å². The molecular formula is C16H12BrFO5. The molecule has 120 valence electrons. The van der Waals surface area contributed by atoms with E-state index in [0.717, 1.165) is 10.0 Å². The fourth-order valence-corrected chi connectivity index (χ4v) is 2.41. The quantitative estimate of drug-likeness (QED) is 0.741. The molecule has 1 aliphatic rings. The second kappa shape index (κ2) is 6.87. The molecule has 7 heteroatoms. The Morgan fingerprint density at radius 3 is 2.74 bits per heavy atom. The number of esters is 1. The van der Waals surface area contributed by atoms with Gasteiger partial charge in [-0.25, -0.2) is 9.18 Å². The number of carbonyl (C=O) groups is 1. The van der Waals surface area contributed by atoms with E-state index in [1.807, 2.05) is 0 Å². The van der Waals surface area contributed by atoms with Gasteiger partial charge in [-0.15, -0.1) is 0 Å². The summed E-state index contributed by atoms with van der Waals surface area (Å²) >= 11 is 3.38. The Morgan fingerprint density at radius 1 is 1.22 bits per heavy atom. The number of hydrogen-bond acceptors (Lipinski definition) is 5. The van der Waals surface area contributed by atoms with Gasteiger partial charge in [-0.1, -0.05) is 28.1 Å². The number of fused-ring (bicyclic) bond motifs is 1. The first-order chi connectivity index (χ1) is 11.1. The Hall–Kier alpha value is -2.28. The first kappa shape index (κ1) is 15.6. The summed E-state index contributed by atoms with van der Waals surface area (Å²) in [7, 11) is 0. The molecule has 0 spiro atoms. The van der Waals surface area contributed by atoms with Crippen LogP contribution in [0.15, 0.2) is 40.9 Å². The summed E-state index contributed by atoms with van der Waals surface area (Å²) in [6.45, 7) is -0.165. The van der Waals surface area contributed by atoms with E-state index in [4.69, 9.17) is 18.9 Å². The Bertz CT molecular complexity index is 734. The van der Waals surface area contributed by atoms with E-state index < -0.39 is 11.8 Å². The highest BCUT2D eigenvalue weighted by atomic mass is 79.9. The number of para-hydroxylation sites is 1. The molecule has 1 heterocycles. The molecule has 0 aliphatic carbocycles. The van der Waals surface area contributed by atoms with Crippen LogP contribution in [0.5, 0.6) is 17.2 Å². The standard InChI is InChI=1S/C16H12BrFO5/c17-11-6-15-14(22-9-23-15)5-10(11)7-21-16(19)8-20-13-4-2-1-3-12(13)18/h1-6H,7-9H2. The maximum absolute atomic E-state index is 13.4. The first-order valence-electron chi connectivity index (χ1n) is 6.74. The fourth-order valence-electron chi connectivity index (χ4n) is 1.97. The number of carbonyl (C=O) groups excluding carboxylic acids is 1. The minimum atomic E-state index is -0.599. The molecule has 0 bridgehead atoms. The molecule has 2 aromatic rings. The summed E-state index contributed by atoms with van der Waals surface area (Å²) in [4.78, 5) is 11.7. The van der Waals surface area contributed by atoms with E-state index >= 15 is 0 Å². The van der Waals surface area contributed by atoms with E-state index in [-0.39, 0.29) is 25.8 Å². The van der Waals surface area contributed by atoms with Crippen molar-refractivity contribution in [2.24, 2.45) is 0 Å². The van der Waals surface area contributed by atoms with E-state index in [0.29, 0.717) is 11.5 Å². The molecule has 0 amide bonds. The molecule has 1 aliphatic heterocycles. The van der Waals surface area contributed by atoms with Crippen LogP contribution in [0.4, 0.5) is 4.39 Å². The summed E-state index contributed by atoms with van der Waals surface area (Å²) < 4.78 is 34.8. The normalized spacial score (nSPS) is 12.1. The third kappa shape index (κ3) is 3.73. The Labute approximate surface area is 140 Å². The van der Waals surface area contributed by atoms with Gasteiger partial charge in [0, 0.05) is 10.0 Å². The predicted molar refractivity (Wildman–Crippen MR) is 82.0 cm³/mol. The van der Waals surface area contributed by atoms with Crippen molar-refractivity contribution in [1.82, 2.24) is 0 Å². The van der Waals surface area contributed by atoms with E-state index in [9.17, 15) is 9.18 Å². The van der Waals surface area contributed by atoms with Crippen LogP contribution in [0.3, 0.4) is 0 Å². The van der Waals surface area contributed by atoms with Crippen molar-refractivity contribution in [1.29, 1.82) is 0 Å². The average Bonchev–Trinajstić information content (AvgIpc) is 2.99. The summed E-state index contributed by atoms with van der Waals surface area (Å²) in [6, 6.07) is 9.34. The van der Waals surface area contributed by atoms with Gasteiger partial charge in [-0.3, -0.25) is 0 Å². The molecule has 0 radical (unpaired) electrons. The summed E-state index contributed by atoms with van der Waals surface area (Å²) in [5.41, 5.74) is 0.730. The minimum Gasteiger partial charge on any atom is -0.479 e. The summed E-state index contributed by atoms with van der Waals surface area (Å²) in [5, 5.41) is 0. The molecule has 0 aromatic heterocycles. The molecule has 2 aromatic carbocycles. The van der Waals surface area contributed by atoms with Crippen LogP contribution >= 0.6 is 15.9 Å². The molecular weight excluding hydrogens is 371 g/mol. The number of hydrogen-bond donors (Lipinski definition) is 0. The van der Waals surface area contributed by atoms with Crippen molar-refractivity contribution in [2.75, 3.05) is 13.4 Å². The van der Waals surface area contributed by atoms with Crippen molar-refractivity contribution in [3.63, 3.8) is 0 Å². The smallest absolute Gasteiger partial charge is 0.344 e. The van der Waals surface area contributed by atoms with E-state index in [1.165, 1.54) is 18.2 Å². The molecule has 0 saturated carbocycles. The Kier molecular flexibility index (Phi) is 4.66. The molecule has 0 N–H and O–H groups in total. The molecule has 0 saturated heterocycles. The summed E-state index contributed by atoms with van der Waals surface area (Å²) in [6.07, 6.45) is 0. The SMILES string of the molecule is O=C(COc1ccccc1F)OCc1cc2c(cc1Br)OCO2. The average molecular weight is 383 g/mol. The zero-order chi connectivity index (χ0) is 16.2. The van der Waals surface area contributed by atoms with Crippen molar-refractivity contribution < 1.29 is 28.1 Å². The van der Waals surface area contributed by atoms with Gasteiger partial charge in [0.25, 0.3) is 0 Å². The van der Waals surface area contributed by atoms with Crippen molar-refractivity contribution in [2.45, 2.75) is 6.61 Å². The van der Waals surface area contributed by atoms with Gasteiger partial charge in [0.15, 0.2) is 29.7 Å². The van der Waals surface area contributed by atoms with Crippen molar-refractivity contribution in [3.8, 4) is 17.2 Å². The van der Waals surface area contributed by atoms with Crippen LogP contribution in [0, 0.1) is 5.82 Å². The Balaban J connectivity index is 1.54. The monoisotopic (exact) mass is 382 g/mol. The fraction of sp³-hybridized carbons (Fsp3) is 0.188. The third-order valence-electron chi connectivity index (χ3n) is 3.11. The molecule has 0 unspecified atom stereocenters. The third-order valence-corrected chi connectivity index (χ3v) is 3.85. The lowest BCUT2D eigenvalue weighted by molar-refractivity contribution is -0.147. The second-order valence-electron chi connectivity index (χ2n) is 4.68. The first-order valence-corrected chi connectivity index (χ1v) is 7.54. The van der Waals surface area contributed by atoms with Gasteiger partial charge >= 0.3 is 5.97 Å². The van der Waals surface area contributed by atoms with E-state index in [2.05, 4.69) is 15.9 Å². The number of ether oxygens (including phenoxy) is 4. The maximum Gasteiger partial charge on any atom is 0.344 e. The number of benzene rings is 2. The molecule has 3 rings (SSSR count). The zero-order valence-electron chi connectivity index (χ0n) is 11.9. The van der Waals surface area contributed by atoms with Crippen LogP contribution in [0.1, 0.15) is 5.56 Å². The largest absolute Gasteiger partial charge is 0.479 e. The van der Waals surface area contributed by atoms with Crippen molar-refractivity contribution >= 4 is 21.9 Å². The predicted octanol–water partition coefficient (Wildman–Crippen LogP) is 3.44. The highest BCUT2D eigenvalue weighted by Gasteiger charge is 2.17. The number of rotatable bonds is 5. The highest BCUT2D eigenvalue weighted by Crippen LogP contribution is 2.37. The van der Waals surface area contributed by atoms with Gasteiger partial charge in [-0.05, 0) is 24.3 Å². The lowest BCUT2D eigenvalue weighted by Gasteiger charge is -2.09. The van der Waals surface area contributed by atoms with Crippen LogP contribution in [0.25, 0.3) is 0 Å². The van der Waals surface area contributed by atoms with Crippen LogP contribution < -0.4 is 14.2 Å². The van der Waals surface area contributed by atoms with Gasteiger partial charge < -0.3 is 18.9 Å². The van der Waals surface area contributed by atoms with Gasteiger partial charge in [0.05, 0.1) is 0 Å². The lowest BCUT2D eigenvalue weighted by Crippen LogP contribution is -2.15. The molecule has 0 atom stereocenters. The zero-order valence-corrected chi connectivity index (χ0v) is 13.5. The van der Waals surface area contributed by atoms with Crippen LogP contribution in [-0.2, 0) is 16.1 Å². The van der Waals surface area contributed by atoms with Crippen LogP contribution in [0.2, 0.25) is 0 Å². The second-order valence-corrected chi connectivity index (χ2v) is 5.53. The maximum atomic E-state index is 13.4. The van der Waals surface area contributed by atoms with Crippen LogP contribution in [-0.4, -0.2) is 19.4 Å². The van der Waals surface area contributed by atoms with Gasteiger partial charge in [-0.2, -0.15) is 0 Å². The summed E-state index contributed by atoms with van der Waals surface area (Å²) in [5.74, 6) is 0.113.